The summed E-state index contributed by atoms with van der Waals surface area (Å²) < 4.78 is 19.5. The van der Waals surface area contributed by atoms with Crippen molar-refractivity contribution < 1.29 is 28.7 Å². The average Bonchev–Trinajstić information content (AvgIpc) is 1.59. The molecule has 0 saturated carbocycles. The molecule has 0 aromatic heterocycles. The van der Waals surface area contributed by atoms with Crippen molar-refractivity contribution in [3.05, 3.63) is 0 Å². The summed E-state index contributed by atoms with van der Waals surface area (Å²) in [5.74, 6) is 0. The number of alkyl halides is 1. The molecule has 0 heterocycles. The molecule has 0 unspecified atom stereocenters. The van der Waals surface area contributed by atoms with Crippen LogP contribution >= 0.6 is 26.8 Å². The van der Waals surface area contributed by atoms with Crippen molar-refractivity contribution in [2.24, 2.45) is 0 Å². The van der Waals surface area contributed by atoms with Gasteiger partial charge in [-0.2, -0.15) is 0 Å². The minimum absolute atomic E-state index is 0. The van der Waals surface area contributed by atoms with Crippen molar-refractivity contribution >= 4 is 81.4 Å². The average molecular weight is 621 g/mol. The van der Waals surface area contributed by atoms with Crippen LogP contribution in [0.2, 0.25) is 0 Å². The third-order valence-corrected chi connectivity index (χ3v) is 4.70. The van der Waals surface area contributed by atoms with E-state index in [0.717, 1.165) is 0 Å². The SMILES string of the molecule is O=P([O-])([O-])C(Cl)P(=O)([O-])[O-].[Pb+2].[Pb+2]. The van der Waals surface area contributed by atoms with Crippen LogP contribution in [0.25, 0.3) is 0 Å². The molecule has 11 heteroatoms. The predicted octanol–water partition coefficient (Wildman–Crippen LogP) is -3.43. The van der Waals surface area contributed by atoms with Gasteiger partial charge in [0, 0.05) is 0 Å². The Balaban J connectivity index is -0.000000405. The smallest absolute Gasteiger partial charge is 0.809 e. The number of hydrogen-bond acceptors (Lipinski definition) is 6. The summed E-state index contributed by atoms with van der Waals surface area (Å²) in [5, 5.41) is 0. The summed E-state index contributed by atoms with van der Waals surface area (Å²) in [7, 11) is -11.0. The molecule has 0 bridgehead atoms. The number of rotatable bonds is 2. The van der Waals surface area contributed by atoms with E-state index in [9.17, 15) is 28.7 Å². The van der Waals surface area contributed by atoms with Crippen molar-refractivity contribution in [2.75, 3.05) is 0 Å². The first-order valence-corrected chi connectivity index (χ1v) is 5.49. The molecular formula is CHClO6P2Pb2. The Morgan fingerprint density at radius 1 is 0.917 bits per heavy atom. The van der Waals surface area contributed by atoms with Crippen LogP contribution in [0.1, 0.15) is 0 Å². The molecule has 0 amide bonds. The zero-order valence-corrected chi connectivity index (χ0v) is 15.6. The molecule has 0 rings (SSSR count). The summed E-state index contributed by atoms with van der Waals surface area (Å²) in [6.07, 6.45) is 0. The normalized spacial score (nSPS) is 11.8. The summed E-state index contributed by atoms with van der Waals surface area (Å²) in [6.45, 7) is 0. The molecule has 0 fully saturated rings. The second kappa shape index (κ2) is 6.83. The molecule has 0 aromatic rings. The topological polar surface area (TPSA) is 126 Å². The Bertz CT molecular complexity index is 186. The van der Waals surface area contributed by atoms with Crippen LogP contribution in [0, 0.1) is 0 Å². The van der Waals surface area contributed by atoms with Gasteiger partial charge in [-0.15, -0.1) is 11.6 Å². The van der Waals surface area contributed by atoms with E-state index in [-0.39, 0.29) is 54.6 Å². The monoisotopic (exact) mass is 622 g/mol. The first-order valence-electron chi connectivity index (χ1n) is 1.83. The zero-order valence-electron chi connectivity index (χ0n) is 5.30. The maximum atomic E-state index is 9.75. The van der Waals surface area contributed by atoms with Crippen molar-refractivity contribution in [2.45, 2.75) is 4.86 Å². The Hall–Kier alpha value is 2.43. The van der Waals surface area contributed by atoms with Gasteiger partial charge in [0.1, 0.15) is 0 Å². The number of hydrogen-bond donors (Lipinski definition) is 0. The van der Waals surface area contributed by atoms with Crippen molar-refractivity contribution in [3.8, 4) is 0 Å². The van der Waals surface area contributed by atoms with E-state index in [1.54, 1.807) is 0 Å². The van der Waals surface area contributed by atoms with E-state index in [1.807, 2.05) is 0 Å². The summed E-state index contributed by atoms with van der Waals surface area (Å²) >= 11 is 4.46. The summed E-state index contributed by atoms with van der Waals surface area (Å²) in [4.78, 5) is 36.1. The van der Waals surface area contributed by atoms with Gasteiger partial charge in [0.05, 0.1) is 4.86 Å². The first-order chi connectivity index (χ1) is 4.15. The van der Waals surface area contributed by atoms with E-state index in [2.05, 4.69) is 11.6 Å². The second-order valence-electron chi connectivity index (χ2n) is 1.39. The molecule has 0 atom stereocenters. The predicted molar refractivity (Wildman–Crippen MR) is 36.4 cm³/mol. The molecule has 0 N–H and O–H groups in total. The van der Waals surface area contributed by atoms with Crippen LogP contribution in [0.15, 0.2) is 0 Å². The van der Waals surface area contributed by atoms with Crippen LogP contribution in [-0.4, -0.2) is 59.5 Å². The molecule has 0 spiro atoms. The summed E-state index contributed by atoms with van der Waals surface area (Å²) in [5.41, 5.74) is 0. The van der Waals surface area contributed by atoms with E-state index in [4.69, 9.17) is 0 Å². The summed E-state index contributed by atoms with van der Waals surface area (Å²) in [6, 6.07) is 0. The third-order valence-electron chi connectivity index (χ3n) is 0.522. The van der Waals surface area contributed by atoms with Crippen LogP contribution in [0.5, 0.6) is 0 Å². The van der Waals surface area contributed by atoms with Crippen LogP contribution in [-0.2, 0) is 9.13 Å². The Labute approximate surface area is 114 Å². The molecule has 0 aliphatic heterocycles. The van der Waals surface area contributed by atoms with Crippen LogP contribution in [0.4, 0.5) is 0 Å². The minimum atomic E-state index is -5.50. The van der Waals surface area contributed by atoms with Gasteiger partial charge in [-0.05, 0) is 15.2 Å². The van der Waals surface area contributed by atoms with Gasteiger partial charge in [-0.3, -0.25) is 0 Å². The molecule has 0 aliphatic rings. The van der Waals surface area contributed by atoms with Gasteiger partial charge in [0.2, 0.25) is 0 Å². The Morgan fingerprint density at radius 3 is 1.08 bits per heavy atom. The molecular weight excluding hydrogens is 620 g/mol. The van der Waals surface area contributed by atoms with E-state index in [1.165, 1.54) is 0 Å². The fraction of sp³-hybridized carbons (Fsp3) is 1.00. The Morgan fingerprint density at radius 2 is 1.08 bits per heavy atom. The largest absolute Gasteiger partial charge is 2.00 e. The van der Waals surface area contributed by atoms with Gasteiger partial charge >= 0.3 is 54.6 Å². The molecule has 12 heavy (non-hydrogen) atoms. The molecule has 6 nitrogen and oxygen atoms in total. The van der Waals surface area contributed by atoms with Gasteiger partial charge in [0.25, 0.3) is 0 Å². The van der Waals surface area contributed by atoms with Crippen molar-refractivity contribution in [3.63, 3.8) is 0 Å². The van der Waals surface area contributed by atoms with Gasteiger partial charge in [-0.1, -0.05) is 0 Å². The zero-order chi connectivity index (χ0) is 8.58. The third kappa shape index (κ3) is 7.80. The fourth-order valence-electron chi connectivity index (χ4n) is 0.173. The molecule has 66 valence electrons. The van der Waals surface area contributed by atoms with E-state index < -0.39 is 20.1 Å². The maximum Gasteiger partial charge on any atom is 2.00 e. The molecule has 0 saturated heterocycles. The standard InChI is InChI=1S/CH5ClO6P2.2Pb/c2-1(9(3,4)5)10(6,7)8;;/h1H,(H2,3,4,5)(H2,6,7,8);;/q;2*+2/p-4. The molecule has 4 radical (unpaired) electrons. The van der Waals surface area contributed by atoms with Crippen LogP contribution in [0.3, 0.4) is 0 Å². The van der Waals surface area contributed by atoms with Crippen molar-refractivity contribution in [1.82, 2.24) is 0 Å². The fourth-order valence-corrected chi connectivity index (χ4v) is 1.56. The quantitative estimate of drug-likeness (QED) is 0.180. The van der Waals surface area contributed by atoms with E-state index in [0.29, 0.717) is 0 Å². The van der Waals surface area contributed by atoms with Gasteiger partial charge in [-0.25, -0.2) is 0 Å². The molecule has 0 aliphatic carbocycles. The minimum Gasteiger partial charge on any atom is -0.809 e. The maximum absolute atomic E-state index is 9.75. The van der Waals surface area contributed by atoms with Gasteiger partial charge < -0.3 is 28.7 Å². The molecule has 0 aromatic carbocycles. The van der Waals surface area contributed by atoms with Crippen LogP contribution < -0.4 is 19.6 Å². The Kier molecular flexibility index (Phi) is 11.3. The van der Waals surface area contributed by atoms with Crippen molar-refractivity contribution in [1.29, 1.82) is 0 Å². The first kappa shape index (κ1) is 19.9. The van der Waals surface area contributed by atoms with Gasteiger partial charge in [0.15, 0.2) is 0 Å². The van der Waals surface area contributed by atoms with E-state index >= 15 is 0 Å². The second-order valence-corrected chi connectivity index (χ2v) is 6.03. The number of halogens is 1.